The summed E-state index contributed by atoms with van der Waals surface area (Å²) in [6, 6.07) is 8.29. The third-order valence-corrected chi connectivity index (χ3v) is 3.31. The van der Waals surface area contributed by atoms with E-state index in [1.807, 2.05) is 24.3 Å². The fourth-order valence-electron chi connectivity index (χ4n) is 2.05. The van der Waals surface area contributed by atoms with Gasteiger partial charge in [0.05, 0.1) is 5.52 Å². The topological polar surface area (TPSA) is 37.8 Å². The van der Waals surface area contributed by atoms with Gasteiger partial charge in [0.25, 0.3) is 0 Å². The van der Waals surface area contributed by atoms with Crippen LogP contribution in [-0.2, 0) is 0 Å². The van der Waals surface area contributed by atoms with Crippen molar-refractivity contribution in [3.05, 3.63) is 29.5 Å². The second-order valence-corrected chi connectivity index (χ2v) is 5.71. The summed E-state index contributed by atoms with van der Waals surface area (Å²) in [5, 5.41) is 4.75. The van der Waals surface area contributed by atoms with Crippen molar-refractivity contribution in [3.8, 4) is 0 Å². The Bertz CT molecular complexity index is 554. The lowest BCUT2D eigenvalue weighted by Crippen LogP contribution is -2.17. The molecule has 0 aliphatic heterocycles. The zero-order valence-electron chi connectivity index (χ0n) is 11.7. The molecule has 0 aliphatic carbocycles. The number of halogens is 1. The Kier molecular flexibility index (Phi) is 4.59. The van der Waals surface area contributed by atoms with Gasteiger partial charge in [-0.15, -0.1) is 0 Å². The predicted octanol–water partition coefficient (Wildman–Crippen LogP) is 4.52. The Balaban J connectivity index is 2.20. The molecule has 1 N–H and O–H groups in total. The molecule has 0 bridgehead atoms. The van der Waals surface area contributed by atoms with E-state index in [-0.39, 0.29) is 5.28 Å². The van der Waals surface area contributed by atoms with Crippen LogP contribution in [-0.4, -0.2) is 16.0 Å². The molecule has 0 saturated carbocycles. The minimum Gasteiger partial charge on any atom is -0.367 e. The Morgan fingerprint density at radius 2 is 1.84 bits per heavy atom. The van der Waals surface area contributed by atoms with Gasteiger partial charge >= 0.3 is 0 Å². The number of para-hydroxylation sites is 1. The van der Waals surface area contributed by atoms with Crippen LogP contribution in [0.5, 0.6) is 0 Å². The molecule has 102 valence electrons. The number of benzene rings is 1. The summed E-state index contributed by atoms with van der Waals surface area (Å²) in [6.45, 7) is 6.65. The summed E-state index contributed by atoms with van der Waals surface area (Å²) in [6.07, 6.45) is 2.32. The van der Waals surface area contributed by atoms with Gasteiger partial charge in [0.1, 0.15) is 5.82 Å². The zero-order chi connectivity index (χ0) is 13.8. The molecule has 0 radical (unpaired) electrons. The highest BCUT2D eigenvalue weighted by Crippen LogP contribution is 2.23. The smallest absolute Gasteiger partial charge is 0.224 e. The quantitative estimate of drug-likeness (QED) is 0.817. The molecule has 0 amide bonds. The van der Waals surface area contributed by atoms with Gasteiger partial charge < -0.3 is 5.32 Å². The zero-order valence-corrected chi connectivity index (χ0v) is 12.4. The maximum absolute atomic E-state index is 5.97. The van der Waals surface area contributed by atoms with E-state index in [1.54, 1.807) is 0 Å². The monoisotopic (exact) mass is 277 g/mol. The molecule has 1 heterocycles. The number of hydrogen-bond acceptors (Lipinski definition) is 3. The van der Waals surface area contributed by atoms with Crippen LogP contribution in [0.15, 0.2) is 24.3 Å². The SMILES string of the molecule is CC(C)CCC(C)Nc1nc(Cl)nc2ccccc12. The molecule has 1 aromatic heterocycles. The minimum absolute atomic E-state index is 0.289. The summed E-state index contributed by atoms with van der Waals surface area (Å²) in [5.74, 6) is 1.54. The fraction of sp³-hybridized carbons (Fsp3) is 0.467. The third-order valence-electron chi connectivity index (χ3n) is 3.14. The van der Waals surface area contributed by atoms with E-state index >= 15 is 0 Å². The standard InChI is InChI=1S/C15H20ClN3/c1-10(2)8-9-11(3)17-14-12-6-4-5-7-13(12)18-15(16)19-14/h4-7,10-11H,8-9H2,1-3H3,(H,17,18,19). The van der Waals surface area contributed by atoms with Crippen molar-refractivity contribution in [2.24, 2.45) is 5.92 Å². The van der Waals surface area contributed by atoms with Crippen molar-refractivity contribution in [2.75, 3.05) is 5.32 Å². The van der Waals surface area contributed by atoms with Gasteiger partial charge in [0.15, 0.2) is 0 Å². The normalized spacial score (nSPS) is 12.9. The van der Waals surface area contributed by atoms with Crippen LogP contribution in [0.25, 0.3) is 10.9 Å². The van der Waals surface area contributed by atoms with E-state index in [4.69, 9.17) is 11.6 Å². The van der Waals surface area contributed by atoms with Gasteiger partial charge in [-0.3, -0.25) is 0 Å². The summed E-state index contributed by atoms with van der Waals surface area (Å²) in [5.41, 5.74) is 0.876. The van der Waals surface area contributed by atoms with Crippen molar-refractivity contribution in [1.29, 1.82) is 0 Å². The van der Waals surface area contributed by atoms with Crippen molar-refractivity contribution >= 4 is 28.3 Å². The lowest BCUT2D eigenvalue weighted by molar-refractivity contribution is 0.527. The Labute approximate surface area is 119 Å². The lowest BCUT2D eigenvalue weighted by atomic mass is 10.0. The van der Waals surface area contributed by atoms with E-state index in [9.17, 15) is 0 Å². The van der Waals surface area contributed by atoms with Crippen molar-refractivity contribution in [3.63, 3.8) is 0 Å². The third kappa shape index (κ3) is 3.80. The van der Waals surface area contributed by atoms with Gasteiger partial charge in [-0.25, -0.2) is 9.97 Å². The van der Waals surface area contributed by atoms with Gasteiger partial charge in [-0.2, -0.15) is 0 Å². The Morgan fingerprint density at radius 1 is 1.11 bits per heavy atom. The molecule has 1 atom stereocenters. The molecular weight excluding hydrogens is 258 g/mol. The number of hydrogen-bond donors (Lipinski definition) is 1. The molecule has 0 saturated heterocycles. The number of rotatable bonds is 5. The van der Waals surface area contributed by atoms with Gasteiger partial charge in [-0.05, 0) is 49.4 Å². The summed E-state index contributed by atoms with van der Waals surface area (Å²) in [4.78, 5) is 8.54. The predicted molar refractivity (Wildman–Crippen MR) is 81.7 cm³/mol. The highest BCUT2D eigenvalue weighted by atomic mass is 35.5. The average Bonchev–Trinajstić information content (AvgIpc) is 2.36. The van der Waals surface area contributed by atoms with E-state index in [2.05, 4.69) is 36.1 Å². The van der Waals surface area contributed by atoms with E-state index in [0.29, 0.717) is 6.04 Å². The molecule has 2 aromatic rings. The van der Waals surface area contributed by atoms with Gasteiger partial charge in [0.2, 0.25) is 5.28 Å². The second-order valence-electron chi connectivity index (χ2n) is 5.37. The number of anilines is 1. The molecule has 2 rings (SSSR count). The Hall–Kier alpha value is -1.35. The van der Waals surface area contributed by atoms with E-state index in [1.165, 1.54) is 6.42 Å². The van der Waals surface area contributed by atoms with Crippen LogP contribution in [0.1, 0.15) is 33.6 Å². The van der Waals surface area contributed by atoms with E-state index < -0.39 is 0 Å². The van der Waals surface area contributed by atoms with Crippen LogP contribution in [0.4, 0.5) is 5.82 Å². The largest absolute Gasteiger partial charge is 0.367 e. The molecule has 0 aliphatic rings. The number of aromatic nitrogens is 2. The first-order valence-electron chi connectivity index (χ1n) is 6.75. The molecule has 19 heavy (non-hydrogen) atoms. The molecular formula is C15H20ClN3. The number of fused-ring (bicyclic) bond motifs is 1. The first-order valence-corrected chi connectivity index (χ1v) is 7.13. The first kappa shape index (κ1) is 14.1. The van der Waals surface area contributed by atoms with Crippen molar-refractivity contribution < 1.29 is 0 Å². The van der Waals surface area contributed by atoms with Crippen LogP contribution < -0.4 is 5.32 Å². The summed E-state index contributed by atoms with van der Waals surface area (Å²) < 4.78 is 0. The number of nitrogens with one attached hydrogen (secondary N) is 1. The van der Waals surface area contributed by atoms with Gasteiger partial charge in [0, 0.05) is 11.4 Å². The highest BCUT2D eigenvalue weighted by molar-refractivity contribution is 6.28. The molecule has 4 heteroatoms. The van der Waals surface area contributed by atoms with Crippen molar-refractivity contribution in [1.82, 2.24) is 9.97 Å². The lowest BCUT2D eigenvalue weighted by Gasteiger charge is -2.17. The van der Waals surface area contributed by atoms with Crippen LogP contribution in [0, 0.1) is 5.92 Å². The Morgan fingerprint density at radius 3 is 2.58 bits per heavy atom. The second kappa shape index (κ2) is 6.20. The average molecular weight is 278 g/mol. The molecule has 1 aromatic carbocycles. The first-order chi connectivity index (χ1) is 9.06. The highest BCUT2D eigenvalue weighted by Gasteiger charge is 2.09. The fourth-order valence-corrected chi connectivity index (χ4v) is 2.22. The van der Waals surface area contributed by atoms with Crippen LogP contribution in [0.2, 0.25) is 5.28 Å². The molecule has 1 unspecified atom stereocenters. The number of nitrogens with zero attached hydrogens (tertiary/aromatic N) is 2. The van der Waals surface area contributed by atoms with Gasteiger partial charge in [-0.1, -0.05) is 26.0 Å². The van der Waals surface area contributed by atoms with Crippen molar-refractivity contribution in [2.45, 2.75) is 39.7 Å². The maximum atomic E-state index is 5.97. The molecule has 0 spiro atoms. The maximum Gasteiger partial charge on any atom is 0.224 e. The summed E-state index contributed by atoms with van der Waals surface area (Å²) >= 11 is 5.97. The molecule has 0 fully saturated rings. The molecule has 3 nitrogen and oxygen atoms in total. The minimum atomic E-state index is 0.289. The van der Waals surface area contributed by atoms with Crippen LogP contribution in [0.3, 0.4) is 0 Å². The summed E-state index contributed by atoms with van der Waals surface area (Å²) in [7, 11) is 0. The van der Waals surface area contributed by atoms with Crippen LogP contribution >= 0.6 is 11.6 Å². The van der Waals surface area contributed by atoms with E-state index in [0.717, 1.165) is 29.1 Å².